The van der Waals surface area contributed by atoms with Gasteiger partial charge in [-0.15, -0.1) is 0 Å². The van der Waals surface area contributed by atoms with Gasteiger partial charge in [0.25, 0.3) is 5.91 Å². The summed E-state index contributed by atoms with van der Waals surface area (Å²) in [7, 11) is 1.57. The van der Waals surface area contributed by atoms with Gasteiger partial charge in [-0.05, 0) is 59.2 Å². The molecule has 0 bridgehead atoms. The molecule has 0 saturated carbocycles. The van der Waals surface area contributed by atoms with E-state index in [1.165, 1.54) is 5.01 Å². The lowest BCUT2D eigenvalue weighted by molar-refractivity contribution is -0.114. The van der Waals surface area contributed by atoms with Gasteiger partial charge < -0.3 is 9.47 Å². The molecule has 1 aliphatic heterocycles. The van der Waals surface area contributed by atoms with Crippen LogP contribution in [0.3, 0.4) is 0 Å². The van der Waals surface area contributed by atoms with E-state index in [-0.39, 0.29) is 5.91 Å². The molecule has 5 rings (SSSR count). The van der Waals surface area contributed by atoms with Gasteiger partial charge in [-0.25, -0.2) is 0 Å². The second-order valence-corrected chi connectivity index (χ2v) is 8.56. The molecule has 35 heavy (non-hydrogen) atoms. The maximum absolute atomic E-state index is 13.0. The number of fused-ring (bicyclic) bond motifs is 1. The summed E-state index contributed by atoms with van der Waals surface area (Å²) < 4.78 is 11.7. The van der Waals surface area contributed by atoms with Gasteiger partial charge in [0.1, 0.15) is 6.61 Å². The molecule has 0 saturated heterocycles. The Morgan fingerprint density at radius 1 is 0.971 bits per heavy atom. The summed E-state index contributed by atoms with van der Waals surface area (Å²) in [6, 6.07) is 27.2. The first kappa shape index (κ1) is 22.7. The van der Waals surface area contributed by atoms with Gasteiger partial charge in [-0.3, -0.25) is 4.79 Å². The Hall–Kier alpha value is -4.09. The van der Waals surface area contributed by atoms with Crippen LogP contribution in [0.5, 0.6) is 11.5 Å². The van der Waals surface area contributed by atoms with Crippen molar-refractivity contribution in [2.75, 3.05) is 12.1 Å². The molecule has 0 aromatic heterocycles. The number of para-hydroxylation sites is 1. The third-order valence-electron chi connectivity index (χ3n) is 5.88. The van der Waals surface area contributed by atoms with Crippen molar-refractivity contribution >= 4 is 45.8 Å². The average molecular weight is 483 g/mol. The predicted molar refractivity (Wildman–Crippen MR) is 141 cm³/mol. The molecule has 0 radical (unpaired) electrons. The van der Waals surface area contributed by atoms with Crippen molar-refractivity contribution in [1.29, 1.82) is 0 Å². The normalized spacial score (nSPS) is 14.5. The van der Waals surface area contributed by atoms with E-state index in [4.69, 9.17) is 21.1 Å². The van der Waals surface area contributed by atoms with Crippen LogP contribution in [0, 0.1) is 0 Å². The summed E-state index contributed by atoms with van der Waals surface area (Å²) in [5, 5.41) is 8.51. The number of benzene rings is 4. The van der Waals surface area contributed by atoms with Crippen molar-refractivity contribution in [3.63, 3.8) is 0 Å². The first-order valence-corrected chi connectivity index (χ1v) is 11.6. The topological polar surface area (TPSA) is 51.1 Å². The van der Waals surface area contributed by atoms with E-state index >= 15 is 0 Å². The van der Waals surface area contributed by atoms with E-state index in [0.29, 0.717) is 40.1 Å². The van der Waals surface area contributed by atoms with Crippen molar-refractivity contribution in [3.8, 4) is 11.5 Å². The van der Waals surface area contributed by atoms with Crippen LogP contribution in [-0.4, -0.2) is 18.7 Å². The fourth-order valence-corrected chi connectivity index (χ4v) is 4.40. The Kier molecular flexibility index (Phi) is 6.25. The molecular formula is C29H23ClN2O3. The molecule has 6 heteroatoms. The molecule has 1 heterocycles. The second kappa shape index (κ2) is 9.65. The highest BCUT2D eigenvalue weighted by molar-refractivity contribution is 6.33. The number of hydrazone groups is 1. The van der Waals surface area contributed by atoms with Gasteiger partial charge in [0, 0.05) is 0 Å². The number of methoxy groups -OCH3 is 1. The Morgan fingerprint density at radius 3 is 2.51 bits per heavy atom. The third kappa shape index (κ3) is 4.51. The lowest BCUT2D eigenvalue weighted by Crippen LogP contribution is -2.21. The van der Waals surface area contributed by atoms with E-state index < -0.39 is 0 Å². The number of carbonyl (C=O) groups is 1. The van der Waals surface area contributed by atoms with E-state index in [1.807, 2.05) is 67.6 Å². The van der Waals surface area contributed by atoms with Crippen molar-refractivity contribution in [2.24, 2.45) is 5.10 Å². The number of anilines is 1. The van der Waals surface area contributed by atoms with Gasteiger partial charge in [0.15, 0.2) is 11.5 Å². The minimum atomic E-state index is -0.194. The van der Waals surface area contributed by atoms with Crippen molar-refractivity contribution in [2.45, 2.75) is 13.5 Å². The molecule has 0 unspecified atom stereocenters. The van der Waals surface area contributed by atoms with Crippen LogP contribution in [0.25, 0.3) is 16.8 Å². The lowest BCUT2D eigenvalue weighted by Gasteiger charge is -2.15. The number of carbonyl (C=O) groups excluding carboxylic acids is 1. The van der Waals surface area contributed by atoms with Crippen molar-refractivity contribution < 1.29 is 14.3 Å². The highest BCUT2D eigenvalue weighted by Crippen LogP contribution is 2.38. The molecule has 0 aliphatic carbocycles. The maximum Gasteiger partial charge on any atom is 0.280 e. The molecule has 0 spiro atoms. The van der Waals surface area contributed by atoms with Gasteiger partial charge in [0.2, 0.25) is 0 Å². The summed E-state index contributed by atoms with van der Waals surface area (Å²) in [5.41, 5.74) is 3.61. The minimum absolute atomic E-state index is 0.194. The molecule has 174 valence electrons. The number of ether oxygens (including phenoxy) is 2. The fraction of sp³-hybridized carbons (Fsp3) is 0.103. The fourth-order valence-electron chi connectivity index (χ4n) is 4.13. The van der Waals surface area contributed by atoms with Crippen molar-refractivity contribution in [1.82, 2.24) is 0 Å². The first-order valence-electron chi connectivity index (χ1n) is 11.2. The lowest BCUT2D eigenvalue weighted by atomic mass is 10.1. The van der Waals surface area contributed by atoms with Crippen LogP contribution in [0.1, 0.15) is 18.1 Å². The predicted octanol–water partition coefficient (Wildman–Crippen LogP) is 6.89. The van der Waals surface area contributed by atoms with Crippen LogP contribution in [0.4, 0.5) is 5.69 Å². The smallest absolute Gasteiger partial charge is 0.280 e. The second-order valence-electron chi connectivity index (χ2n) is 8.16. The largest absolute Gasteiger partial charge is 0.493 e. The molecule has 0 atom stereocenters. The molecule has 1 amide bonds. The monoisotopic (exact) mass is 482 g/mol. The summed E-state index contributed by atoms with van der Waals surface area (Å²) in [4.78, 5) is 13.0. The van der Waals surface area contributed by atoms with Crippen LogP contribution in [0.2, 0.25) is 5.02 Å². The quantitative estimate of drug-likeness (QED) is 0.281. The Morgan fingerprint density at radius 2 is 1.71 bits per heavy atom. The Bertz CT molecular complexity index is 1470. The van der Waals surface area contributed by atoms with Crippen LogP contribution in [0.15, 0.2) is 95.6 Å². The minimum Gasteiger partial charge on any atom is -0.493 e. The summed E-state index contributed by atoms with van der Waals surface area (Å²) >= 11 is 6.62. The number of rotatable bonds is 6. The van der Waals surface area contributed by atoms with Gasteiger partial charge in [0.05, 0.1) is 29.1 Å². The molecule has 4 aromatic carbocycles. The summed E-state index contributed by atoms with van der Waals surface area (Å²) in [5.74, 6) is 0.753. The number of hydrogen-bond donors (Lipinski definition) is 0. The molecule has 1 aliphatic rings. The standard InChI is InChI=1S/C29H23ClN2O3/c1-19-25(29(33)32(31-19)23-12-4-3-5-13-23)15-20-16-26(30)28(27(17-20)34-2)35-18-22-11-8-10-21-9-6-7-14-24(21)22/h3-17H,18H2,1-2H3/b25-15-. The maximum atomic E-state index is 13.0. The van der Waals surface area contributed by atoms with Gasteiger partial charge in [-0.1, -0.05) is 72.3 Å². The zero-order chi connectivity index (χ0) is 24.4. The number of nitrogens with zero attached hydrogens (tertiary/aromatic N) is 2. The highest BCUT2D eigenvalue weighted by Gasteiger charge is 2.28. The molecule has 5 nitrogen and oxygen atoms in total. The number of halogens is 1. The average Bonchev–Trinajstić information content (AvgIpc) is 3.16. The summed E-state index contributed by atoms with van der Waals surface area (Å²) in [6.45, 7) is 2.15. The Labute approximate surface area is 208 Å². The van der Waals surface area contributed by atoms with Crippen LogP contribution >= 0.6 is 11.6 Å². The van der Waals surface area contributed by atoms with Gasteiger partial charge >= 0.3 is 0 Å². The van der Waals surface area contributed by atoms with E-state index in [9.17, 15) is 4.79 Å². The van der Waals surface area contributed by atoms with E-state index in [2.05, 4.69) is 23.3 Å². The molecule has 0 N–H and O–H groups in total. The zero-order valence-electron chi connectivity index (χ0n) is 19.4. The van der Waals surface area contributed by atoms with Crippen LogP contribution in [-0.2, 0) is 11.4 Å². The summed E-state index contributed by atoms with van der Waals surface area (Å²) in [6.07, 6.45) is 1.77. The molecule has 0 fully saturated rings. The number of hydrogen-bond acceptors (Lipinski definition) is 4. The molecular weight excluding hydrogens is 460 g/mol. The van der Waals surface area contributed by atoms with E-state index in [0.717, 1.165) is 21.9 Å². The SMILES string of the molecule is COc1cc(/C=C2\C(=O)N(c3ccccc3)N=C2C)cc(Cl)c1OCc1cccc2ccccc12. The highest BCUT2D eigenvalue weighted by atomic mass is 35.5. The zero-order valence-corrected chi connectivity index (χ0v) is 20.1. The Balaban J connectivity index is 1.42. The van der Waals surface area contributed by atoms with Gasteiger partial charge in [-0.2, -0.15) is 10.1 Å². The van der Waals surface area contributed by atoms with Crippen LogP contribution < -0.4 is 14.5 Å². The van der Waals surface area contributed by atoms with E-state index in [1.54, 1.807) is 19.3 Å². The third-order valence-corrected chi connectivity index (χ3v) is 6.16. The molecule has 4 aromatic rings. The number of amides is 1. The first-order chi connectivity index (χ1) is 17.0. The van der Waals surface area contributed by atoms with Crippen molar-refractivity contribution in [3.05, 3.63) is 107 Å².